The van der Waals surface area contributed by atoms with Gasteiger partial charge in [-0.15, -0.1) is 0 Å². The van der Waals surface area contributed by atoms with Crippen LogP contribution in [-0.4, -0.2) is 18.1 Å². The molecule has 2 fully saturated rings. The molecule has 3 nitrogen and oxygen atoms in total. The standard InChI is InChI=1S/C13H19N3/c14-6-12-4-5-13(7-15-12)16-8-10-2-1-3-11(10)9-16/h4-5,7,10-11H,1-3,6,8-9,14H2. The molecule has 2 atom stereocenters. The van der Waals surface area contributed by atoms with Gasteiger partial charge >= 0.3 is 0 Å². The number of rotatable bonds is 2. The van der Waals surface area contributed by atoms with Crippen LogP contribution in [0.5, 0.6) is 0 Å². The third-order valence-corrected chi connectivity index (χ3v) is 4.11. The summed E-state index contributed by atoms with van der Waals surface area (Å²) in [6.07, 6.45) is 6.27. The summed E-state index contributed by atoms with van der Waals surface area (Å²) in [5.74, 6) is 1.88. The number of aromatic nitrogens is 1. The number of hydrogen-bond donors (Lipinski definition) is 1. The Hall–Kier alpha value is -1.09. The molecule has 1 saturated carbocycles. The van der Waals surface area contributed by atoms with E-state index in [1.807, 2.05) is 12.3 Å². The van der Waals surface area contributed by atoms with Gasteiger partial charge in [0, 0.05) is 19.6 Å². The van der Waals surface area contributed by atoms with Gasteiger partial charge in [0.05, 0.1) is 17.6 Å². The van der Waals surface area contributed by atoms with Crippen LogP contribution < -0.4 is 10.6 Å². The molecule has 0 spiro atoms. The zero-order valence-electron chi connectivity index (χ0n) is 9.60. The molecule has 3 rings (SSSR count). The first-order chi connectivity index (χ1) is 7.86. The van der Waals surface area contributed by atoms with E-state index in [-0.39, 0.29) is 0 Å². The summed E-state index contributed by atoms with van der Waals surface area (Å²) in [5.41, 5.74) is 7.80. The minimum atomic E-state index is 0.533. The van der Waals surface area contributed by atoms with Crippen LogP contribution in [0, 0.1) is 11.8 Å². The average Bonchev–Trinajstić information content (AvgIpc) is 2.89. The fourth-order valence-corrected chi connectivity index (χ4v) is 3.17. The van der Waals surface area contributed by atoms with Gasteiger partial charge < -0.3 is 10.6 Å². The van der Waals surface area contributed by atoms with Crippen molar-refractivity contribution in [1.82, 2.24) is 4.98 Å². The van der Waals surface area contributed by atoms with Crippen LogP contribution in [-0.2, 0) is 6.54 Å². The zero-order valence-corrected chi connectivity index (χ0v) is 9.60. The van der Waals surface area contributed by atoms with Crippen molar-refractivity contribution in [2.75, 3.05) is 18.0 Å². The molecule has 0 radical (unpaired) electrons. The Morgan fingerprint density at radius 2 is 2.00 bits per heavy atom. The fourth-order valence-electron chi connectivity index (χ4n) is 3.17. The number of pyridine rings is 1. The van der Waals surface area contributed by atoms with Gasteiger partial charge in [-0.2, -0.15) is 0 Å². The van der Waals surface area contributed by atoms with Crippen LogP contribution in [0.25, 0.3) is 0 Å². The highest BCUT2D eigenvalue weighted by Crippen LogP contribution is 2.39. The minimum absolute atomic E-state index is 0.533. The Labute approximate surface area is 96.7 Å². The maximum absolute atomic E-state index is 5.55. The van der Waals surface area contributed by atoms with Gasteiger partial charge in [-0.05, 0) is 36.8 Å². The largest absolute Gasteiger partial charge is 0.370 e. The Bertz CT molecular complexity index is 348. The predicted molar refractivity (Wildman–Crippen MR) is 65.2 cm³/mol. The zero-order chi connectivity index (χ0) is 11.0. The highest BCUT2D eigenvalue weighted by Gasteiger charge is 2.36. The first kappa shape index (κ1) is 10.1. The van der Waals surface area contributed by atoms with Crippen LogP contribution >= 0.6 is 0 Å². The lowest BCUT2D eigenvalue weighted by Gasteiger charge is -2.19. The normalized spacial score (nSPS) is 28.4. The van der Waals surface area contributed by atoms with E-state index >= 15 is 0 Å². The number of nitrogens with two attached hydrogens (primary N) is 1. The topological polar surface area (TPSA) is 42.1 Å². The van der Waals surface area contributed by atoms with Crippen LogP contribution in [0.4, 0.5) is 5.69 Å². The number of nitrogens with zero attached hydrogens (tertiary/aromatic N) is 2. The van der Waals surface area contributed by atoms with Gasteiger partial charge in [-0.3, -0.25) is 4.98 Å². The Kier molecular flexibility index (Phi) is 2.56. The molecule has 86 valence electrons. The van der Waals surface area contributed by atoms with E-state index in [4.69, 9.17) is 5.73 Å². The number of anilines is 1. The van der Waals surface area contributed by atoms with Crippen molar-refractivity contribution in [2.24, 2.45) is 17.6 Å². The van der Waals surface area contributed by atoms with Gasteiger partial charge in [0.15, 0.2) is 0 Å². The maximum atomic E-state index is 5.55. The van der Waals surface area contributed by atoms with Crippen molar-refractivity contribution < 1.29 is 0 Å². The SMILES string of the molecule is NCc1ccc(N2CC3CCCC3C2)cn1. The molecule has 1 aliphatic carbocycles. The molecule has 2 unspecified atom stereocenters. The Morgan fingerprint density at radius 1 is 1.25 bits per heavy atom. The van der Waals surface area contributed by atoms with Gasteiger partial charge in [-0.1, -0.05) is 6.42 Å². The van der Waals surface area contributed by atoms with Gasteiger partial charge in [0.1, 0.15) is 0 Å². The molecular formula is C13H19N3. The molecule has 1 saturated heterocycles. The molecule has 16 heavy (non-hydrogen) atoms. The highest BCUT2D eigenvalue weighted by molar-refractivity contribution is 5.46. The van der Waals surface area contributed by atoms with E-state index in [0.717, 1.165) is 17.5 Å². The monoisotopic (exact) mass is 217 g/mol. The molecule has 3 heteroatoms. The Balaban J connectivity index is 1.73. The van der Waals surface area contributed by atoms with Gasteiger partial charge in [0.2, 0.25) is 0 Å². The first-order valence-electron chi connectivity index (χ1n) is 6.27. The highest BCUT2D eigenvalue weighted by atomic mass is 15.2. The number of hydrogen-bond acceptors (Lipinski definition) is 3. The second-order valence-electron chi connectivity index (χ2n) is 5.07. The molecule has 1 aromatic rings. The molecule has 2 N–H and O–H groups in total. The van der Waals surface area contributed by atoms with Crippen molar-refractivity contribution in [3.05, 3.63) is 24.0 Å². The van der Waals surface area contributed by atoms with Crippen LogP contribution in [0.1, 0.15) is 25.0 Å². The average molecular weight is 217 g/mol. The summed E-state index contributed by atoms with van der Waals surface area (Å²) >= 11 is 0. The van der Waals surface area contributed by atoms with E-state index < -0.39 is 0 Å². The van der Waals surface area contributed by atoms with E-state index in [1.54, 1.807) is 0 Å². The molecule has 0 bridgehead atoms. The molecule has 1 aromatic heterocycles. The lowest BCUT2D eigenvalue weighted by Crippen LogP contribution is -2.20. The van der Waals surface area contributed by atoms with Gasteiger partial charge in [0.25, 0.3) is 0 Å². The van der Waals surface area contributed by atoms with Crippen LogP contribution in [0.15, 0.2) is 18.3 Å². The van der Waals surface area contributed by atoms with Gasteiger partial charge in [-0.25, -0.2) is 0 Å². The second kappa shape index (κ2) is 4.06. The summed E-state index contributed by atoms with van der Waals surface area (Å²) in [5, 5.41) is 0. The van der Waals surface area contributed by atoms with E-state index in [2.05, 4.69) is 16.0 Å². The maximum Gasteiger partial charge on any atom is 0.0553 e. The van der Waals surface area contributed by atoms with Crippen molar-refractivity contribution in [3.63, 3.8) is 0 Å². The second-order valence-corrected chi connectivity index (χ2v) is 5.07. The molecule has 0 aromatic carbocycles. The summed E-state index contributed by atoms with van der Waals surface area (Å²) in [6.45, 7) is 2.99. The van der Waals surface area contributed by atoms with E-state index in [9.17, 15) is 0 Å². The van der Waals surface area contributed by atoms with Crippen molar-refractivity contribution in [3.8, 4) is 0 Å². The smallest absolute Gasteiger partial charge is 0.0553 e. The minimum Gasteiger partial charge on any atom is -0.370 e. The summed E-state index contributed by atoms with van der Waals surface area (Å²) in [6, 6.07) is 4.21. The lowest BCUT2D eigenvalue weighted by molar-refractivity contribution is 0.494. The van der Waals surface area contributed by atoms with E-state index in [0.29, 0.717) is 6.54 Å². The number of fused-ring (bicyclic) bond motifs is 1. The van der Waals surface area contributed by atoms with Crippen molar-refractivity contribution in [2.45, 2.75) is 25.8 Å². The predicted octanol–water partition coefficient (Wildman–Crippen LogP) is 1.78. The fraction of sp³-hybridized carbons (Fsp3) is 0.615. The molecular weight excluding hydrogens is 198 g/mol. The van der Waals surface area contributed by atoms with Crippen molar-refractivity contribution >= 4 is 5.69 Å². The third kappa shape index (κ3) is 1.69. The summed E-state index contributed by atoms with van der Waals surface area (Å²) in [4.78, 5) is 6.86. The molecule has 2 aliphatic rings. The molecule has 0 amide bonds. The van der Waals surface area contributed by atoms with E-state index in [1.165, 1.54) is 38.0 Å². The summed E-state index contributed by atoms with van der Waals surface area (Å²) < 4.78 is 0. The Morgan fingerprint density at radius 3 is 2.56 bits per heavy atom. The van der Waals surface area contributed by atoms with Crippen LogP contribution in [0.3, 0.4) is 0 Å². The lowest BCUT2D eigenvalue weighted by atomic mass is 10.0. The molecule has 1 aliphatic heterocycles. The quantitative estimate of drug-likeness (QED) is 0.821. The summed E-state index contributed by atoms with van der Waals surface area (Å²) in [7, 11) is 0. The first-order valence-corrected chi connectivity index (χ1v) is 6.27. The van der Waals surface area contributed by atoms with Crippen molar-refractivity contribution in [1.29, 1.82) is 0 Å². The third-order valence-electron chi connectivity index (χ3n) is 4.11. The van der Waals surface area contributed by atoms with Crippen LogP contribution in [0.2, 0.25) is 0 Å². The molecule has 2 heterocycles.